The van der Waals surface area contributed by atoms with Crippen LogP contribution in [-0.2, 0) is 0 Å². The summed E-state index contributed by atoms with van der Waals surface area (Å²) in [5, 5.41) is 0. The van der Waals surface area contributed by atoms with Crippen molar-refractivity contribution in [2.45, 2.75) is 196 Å². The lowest BCUT2D eigenvalue weighted by atomic mass is 9.83. The number of pyridine rings is 1. The highest BCUT2D eigenvalue weighted by atomic mass is 14.8. The zero-order valence-electron chi connectivity index (χ0n) is 35.2. The lowest BCUT2D eigenvalue weighted by molar-refractivity contribution is 0.549. The van der Waals surface area contributed by atoms with Crippen LogP contribution in [0.25, 0.3) is 0 Å². The molecule has 0 bridgehead atoms. The molecule has 286 valence electrons. The van der Waals surface area contributed by atoms with Crippen LogP contribution in [0.4, 0.5) is 11.4 Å². The predicted molar refractivity (Wildman–Crippen MR) is 231 cm³/mol. The Balaban J connectivity index is 2.21. The zero-order valence-corrected chi connectivity index (χ0v) is 35.2. The SMILES string of the molecule is CCCC(CCC)c1cccc(C(CCC)CCC)c1N=C(C)c1cccc(C(C)=Nc2c(C(CCC)CCC)cccc2C(CCC)CCC)n1. The first kappa shape index (κ1) is 43.3. The summed E-state index contributed by atoms with van der Waals surface area (Å²) in [5.41, 5.74) is 12.0. The van der Waals surface area contributed by atoms with Gasteiger partial charge in [0, 0.05) is 0 Å². The number of rotatable bonds is 24. The second kappa shape index (κ2) is 23.6. The lowest BCUT2D eigenvalue weighted by Crippen LogP contribution is -2.08. The first-order chi connectivity index (χ1) is 25.3. The fourth-order valence-corrected chi connectivity index (χ4v) is 8.63. The number of para-hydroxylation sites is 2. The van der Waals surface area contributed by atoms with Crippen LogP contribution in [0.2, 0.25) is 0 Å². The Morgan fingerprint density at radius 2 is 0.635 bits per heavy atom. The number of benzene rings is 2. The van der Waals surface area contributed by atoms with Gasteiger partial charge in [0.2, 0.25) is 0 Å². The van der Waals surface area contributed by atoms with Crippen LogP contribution in [0.5, 0.6) is 0 Å². The molecule has 0 saturated heterocycles. The van der Waals surface area contributed by atoms with Crippen LogP contribution < -0.4 is 0 Å². The molecule has 0 aliphatic carbocycles. The van der Waals surface area contributed by atoms with Crippen LogP contribution in [0.3, 0.4) is 0 Å². The quantitative estimate of drug-likeness (QED) is 0.0855. The molecule has 1 heterocycles. The van der Waals surface area contributed by atoms with Gasteiger partial charge < -0.3 is 0 Å². The largest absolute Gasteiger partial charge is 0.251 e. The van der Waals surface area contributed by atoms with Crippen LogP contribution in [0.1, 0.15) is 229 Å². The molecule has 3 heteroatoms. The maximum atomic E-state index is 5.56. The standard InChI is InChI=1S/C49H75N3/c1-11-22-38(23-12-2)42-30-19-31-43(39(24-13-3)25-14-4)48(42)50-36(9)46-34-21-35-47(52-46)37(10)51-49-44(40(26-15-5)27-16-6)32-20-33-45(49)41(28-17-7)29-18-8/h19-21,30-35,38-41H,11-18,22-29H2,1-10H3. The van der Waals surface area contributed by atoms with Crippen molar-refractivity contribution in [1.29, 1.82) is 0 Å². The van der Waals surface area contributed by atoms with Crippen molar-refractivity contribution < 1.29 is 0 Å². The summed E-state index contributed by atoms with van der Waals surface area (Å²) < 4.78 is 0. The van der Waals surface area contributed by atoms with Gasteiger partial charge in [-0.05, 0) is 123 Å². The van der Waals surface area contributed by atoms with Gasteiger partial charge in [0.25, 0.3) is 0 Å². The Kier molecular flexibility index (Phi) is 19.6. The van der Waals surface area contributed by atoms with E-state index in [1.807, 2.05) is 0 Å². The monoisotopic (exact) mass is 706 g/mol. The number of aliphatic imine (C=N–C) groups is 2. The predicted octanol–water partition coefficient (Wildman–Crippen LogP) is 16.1. The van der Waals surface area contributed by atoms with E-state index in [4.69, 9.17) is 15.0 Å². The van der Waals surface area contributed by atoms with E-state index in [0.717, 1.165) is 22.8 Å². The Labute approximate surface area is 320 Å². The normalized spacial score (nSPS) is 12.7. The first-order valence-electron chi connectivity index (χ1n) is 21.7. The van der Waals surface area contributed by atoms with Crippen LogP contribution in [0.15, 0.2) is 64.6 Å². The van der Waals surface area contributed by atoms with Gasteiger partial charge in [-0.25, -0.2) is 4.98 Å². The Morgan fingerprint density at radius 1 is 0.404 bits per heavy atom. The minimum atomic E-state index is 0.529. The number of aromatic nitrogens is 1. The van der Waals surface area contributed by atoms with Gasteiger partial charge in [-0.2, -0.15) is 0 Å². The summed E-state index contributed by atoms with van der Waals surface area (Å²) in [6.07, 6.45) is 19.1. The molecule has 52 heavy (non-hydrogen) atoms. The average Bonchev–Trinajstić information content (AvgIpc) is 3.15. The highest BCUT2D eigenvalue weighted by Crippen LogP contribution is 2.43. The van der Waals surface area contributed by atoms with Crippen LogP contribution in [-0.4, -0.2) is 16.4 Å². The van der Waals surface area contributed by atoms with E-state index in [-0.39, 0.29) is 0 Å². The topological polar surface area (TPSA) is 37.6 Å². The molecule has 3 rings (SSSR count). The van der Waals surface area contributed by atoms with Crippen molar-refractivity contribution >= 4 is 22.8 Å². The summed E-state index contributed by atoms with van der Waals surface area (Å²) in [7, 11) is 0. The summed E-state index contributed by atoms with van der Waals surface area (Å²) in [5.74, 6) is 2.12. The van der Waals surface area contributed by atoms with Gasteiger partial charge in [-0.3, -0.25) is 9.98 Å². The van der Waals surface area contributed by atoms with Gasteiger partial charge in [0.05, 0.1) is 34.2 Å². The van der Waals surface area contributed by atoms with Crippen molar-refractivity contribution in [3.8, 4) is 0 Å². The molecule has 1 aromatic heterocycles. The number of hydrogen-bond donors (Lipinski definition) is 0. The van der Waals surface area contributed by atoms with Crippen molar-refractivity contribution in [1.82, 2.24) is 4.98 Å². The molecule has 0 aliphatic heterocycles. The second-order valence-corrected chi connectivity index (χ2v) is 15.5. The molecule has 0 unspecified atom stereocenters. The molecule has 0 aliphatic rings. The highest BCUT2D eigenvalue weighted by Gasteiger charge is 2.23. The molecule has 0 N–H and O–H groups in total. The summed E-state index contributed by atoms with van der Waals surface area (Å²) >= 11 is 0. The van der Waals surface area contributed by atoms with Crippen LogP contribution >= 0.6 is 0 Å². The number of nitrogens with zero attached hydrogens (tertiary/aromatic N) is 3. The van der Waals surface area contributed by atoms with Crippen molar-refractivity contribution in [2.75, 3.05) is 0 Å². The minimum Gasteiger partial charge on any atom is -0.251 e. The summed E-state index contributed by atoms with van der Waals surface area (Å²) in [4.78, 5) is 16.4. The second-order valence-electron chi connectivity index (χ2n) is 15.5. The number of hydrogen-bond acceptors (Lipinski definition) is 3. The lowest BCUT2D eigenvalue weighted by Gasteiger charge is -2.24. The highest BCUT2D eigenvalue weighted by molar-refractivity contribution is 6.02. The van der Waals surface area contributed by atoms with E-state index in [2.05, 4.69) is 124 Å². The molecule has 3 nitrogen and oxygen atoms in total. The van der Waals surface area contributed by atoms with E-state index in [9.17, 15) is 0 Å². The summed E-state index contributed by atoms with van der Waals surface area (Å²) in [6, 6.07) is 20.5. The molecule has 2 aromatic carbocycles. The van der Waals surface area contributed by atoms with Crippen LogP contribution in [0, 0.1) is 0 Å². The van der Waals surface area contributed by atoms with Gasteiger partial charge >= 0.3 is 0 Å². The summed E-state index contributed by atoms with van der Waals surface area (Å²) in [6.45, 7) is 22.9. The molecule has 0 spiro atoms. The maximum absolute atomic E-state index is 5.56. The van der Waals surface area contributed by atoms with Gasteiger partial charge in [-0.15, -0.1) is 0 Å². The molecule has 3 aromatic rings. The molecule has 0 fully saturated rings. The van der Waals surface area contributed by atoms with Gasteiger partial charge in [0.1, 0.15) is 0 Å². The third-order valence-electron chi connectivity index (χ3n) is 11.1. The molecule has 0 atom stereocenters. The van der Waals surface area contributed by atoms with E-state index in [0.29, 0.717) is 23.7 Å². The fourth-order valence-electron chi connectivity index (χ4n) is 8.63. The van der Waals surface area contributed by atoms with E-state index in [1.54, 1.807) is 0 Å². The molecule has 0 radical (unpaired) electrons. The smallest absolute Gasteiger partial charge is 0.0849 e. The van der Waals surface area contributed by atoms with Crippen molar-refractivity contribution in [3.63, 3.8) is 0 Å². The maximum Gasteiger partial charge on any atom is 0.0849 e. The van der Waals surface area contributed by atoms with E-state index in [1.165, 1.54) is 136 Å². The Bertz CT molecular complexity index is 1330. The van der Waals surface area contributed by atoms with Gasteiger partial charge in [0.15, 0.2) is 0 Å². The third kappa shape index (κ3) is 12.0. The average molecular weight is 706 g/mol. The van der Waals surface area contributed by atoms with E-state index >= 15 is 0 Å². The minimum absolute atomic E-state index is 0.529. The first-order valence-corrected chi connectivity index (χ1v) is 21.7. The van der Waals surface area contributed by atoms with Crippen molar-refractivity contribution in [3.05, 3.63) is 88.2 Å². The zero-order chi connectivity index (χ0) is 37.9. The molecule has 0 saturated carbocycles. The van der Waals surface area contributed by atoms with E-state index < -0.39 is 0 Å². The molecular weight excluding hydrogens is 631 g/mol. The van der Waals surface area contributed by atoms with Crippen molar-refractivity contribution in [2.24, 2.45) is 9.98 Å². The van der Waals surface area contributed by atoms with Gasteiger partial charge in [-0.1, -0.05) is 149 Å². The fraction of sp³-hybridized carbons (Fsp3) is 0.612. The molecular formula is C49H75N3. The Hall–Kier alpha value is -3.07. The third-order valence-corrected chi connectivity index (χ3v) is 11.1. The Morgan fingerprint density at radius 3 is 0.865 bits per heavy atom. The molecule has 0 amide bonds.